The zero-order valence-corrected chi connectivity index (χ0v) is 11.6. The van der Waals surface area contributed by atoms with Crippen molar-refractivity contribution in [1.29, 1.82) is 0 Å². The lowest BCUT2D eigenvalue weighted by atomic mass is 9.75. The molecule has 1 aromatic rings. The van der Waals surface area contributed by atoms with Crippen molar-refractivity contribution in [2.75, 3.05) is 0 Å². The largest absolute Gasteiger partial charge is 0.245 e. The number of hydrogen-bond donors (Lipinski definition) is 0. The SMILES string of the molecule is CC(C)c1nc2n(n1)CC=CCC2(C)C(C)C. The van der Waals surface area contributed by atoms with E-state index in [1.54, 1.807) is 0 Å². The maximum atomic E-state index is 4.80. The molecule has 3 heteroatoms. The van der Waals surface area contributed by atoms with E-state index in [0.29, 0.717) is 11.8 Å². The van der Waals surface area contributed by atoms with Crippen molar-refractivity contribution < 1.29 is 0 Å². The second kappa shape index (κ2) is 4.28. The summed E-state index contributed by atoms with van der Waals surface area (Å²) in [4.78, 5) is 4.80. The van der Waals surface area contributed by atoms with E-state index in [-0.39, 0.29) is 5.41 Å². The summed E-state index contributed by atoms with van der Waals surface area (Å²) < 4.78 is 2.08. The molecule has 0 saturated heterocycles. The monoisotopic (exact) mass is 233 g/mol. The third-order valence-corrected chi connectivity index (χ3v) is 3.98. The number of hydrogen-bond acceptors (Lipinski definition) is 2. The number of fused-ring (bicyclic) bond motifs is 1. The van der Waals surface area contributed by atoms with Gasteiger partial charge < -0.3 is 0 Å². The van der Waals surface area contributed by atoms with Gasteiger partial charge in [-0.2, -0.15) is 5.10 Å². The minimum absolute atomic E-state index is 0.104. The minimum Gasteiger partial charge on any atom is -0.245 e. The number of nitrogens with zero attached hydrogens (tertiary/aromatic N) is 3. The second-order valence-electron chi connectivity index (χ2n) is 5.88. The molecule has 2 rings (SSSR count). The minimum atomic E-state index is 0.104. The van der Waals surface area contributed by atoms with Gasteiger partial charge in [0.05, 0.1) is 6.54 Å². The van der Waals surface area contributed by atoms with E-state index in [0.717, 1.165) is 24.6 Å². The smallest absolute Gasteiger partial charge is 0.153 e. The molecular weight excluding hydrogens is 210 g/mol. The van der Waals surface area contributed by atoms with Crippen LogP contribution in [0, 0.1) is 5.92 Å². The van der Waals surface area contributed by atoms with Crippen molar-refractivity contribution in [3.05, 3.63) is 23.8 Å². The summed E-state index contributed by atoms with van der Waals surface area (Å²) in [6.07, 6.45) is 5.53. The summed E-state index contributed by atoms with van der Waals surface area (Å²) in [5.74, 6) is 3.09. The molecule has 0 radical (unpaired) electrons. The van der Waals surface area contributed by atoms with E-state index >= 15 is 0 Å². The van der Waals surface area contributed by atoms with Crippen LogP contribution in [0.4, 0.5) is 0 Å². The van der Waals surface area contributed by atoms with Crippen molar-refractivity contribution in [3.8, 4) is 0 Å². The van der Waals surface area contributed by atoms with Gasteiger partial charge in [0, 0.05) is 11.3 Å². The molecule has 0 amide bonds. The molecule has 0 saturated carbocycles. The van der Waals surface area contributed by atoms with Gasteiger partial charge >= 0.3 is 0 Å². The van der Waals surface area contributed by atoms with E-state index in [4.69, 9.17) is 4.98 Å². The fourth-order valence-corrected chi connectivity index (χ4v) is 2.24. The molecule has 0 fully saturated rings. The van der Waals surface area contributed by atoms with Crippen LogP contribution in [0.5, 0.6) is 0 Å². The average Bonchev–Trinajstić information content (AvgIpc) is 2.62. The van der Waals surface area contributed by atoms with Gasteiger partial charge in [-0.05, 0) is 12.3 Å². The Morgan fingerprint density at radius 3 is 2.53 bits per heavy atom. The van der Waals surface area contributed by atoms with Gasteiger partial charge in [0.15, 0.2) is 5.82 Å². The molecule has 1 unspecified atom stereocenters. The lowest BCUT2D eigenvalue weighted by molar-refractivity contribution is 0.312. The molecule has 2 heterocycles. The zero-order valence-electron chi connectivity index (χ0n) is 11.6. The number of rotatable bonds is 2. The van der Waals surface area contributed by atoms with Crippen molar-refractivity contribution in [3.63, 3.8) is 0 Å². The van der Waals surface area contributed by atoms with Gasteiger partial charge in [-0.25, -0.2) is 9.67 Å². The molecule has 17 heavy (non-hydrogen) atoms. The van der Waals surface area contributed by atoms with Crippen LogP contribution in [-0.4, -0.2) is 14.8 Å². The Morgan fingerprint density at radius 2 is 1.94 bits per heavy atom. The van der Waals surface area contributed by atoms with Gasteiger partial charge in [0.2, 0.25) is 0 Å². The van der Waals surface area contributed by atoms with Crippen molar-refractivity contribution in [2.24, 2.45) is 5.92 Å². The maximum Gasteiger partial charge on any atom is 0.153 e. The standard InChI is InChI=1S/C14H23N3/c1-10(2)12-15-13-14(5,11(3)4)8-6-7-9-17(13)16-12/h6-7,10-11H,8-9H2,1-5H3. The normalized spacial score (nSPS) is 24.2. The summed E-state index contributed by atoms with van der Waals surface area (Å²) in [6, 6.07) is 0. The van der Waals surface area contributed by atoms with E-state index in [1.807, 2.05) is 0 Å². The van der Waals surface area contributed by atoms with Gasteiger partial charge in [-0.1, -0.05) is 46.8 Å². The molecule has 0 aliphatic carbocycles. The van der Waals surface area contributed by atoms with Gasteiger partial charge in [0.25, 0.3) is 0 Å². The van der Waals surface area contributed by atoms with Crippen LogP contribution in [0.15, 0.2) is 12.2 Å². The first kappa shape index (κ1) is 12.3. The molecule has 1 aliphatic heterocycles. The highest BCUT2D eigenvalue weighted by atomic mass is 15.4. The quantitative estimate of drug-likeness (QED) is 0.734. The molecule has 94 valence electrons. The predicted molar refractivity (Wildman–Crippen MR) is 70.1 cm³/mol. The Balaban J connectivity index is 2.52. The van der Waals surface area contributed by atoms with Crippen molar-refractivity contribution in [2.45, 2.75) is 58.9 Å². The lowest BCUT2D eigenvalue weighted by Crippen LogP contribution is -2.31. The maximum absolute atomic E-state index is 4.80. The third-order valence-electron chi connectivity index (χ3n) is 3.98. The van der Waals surface area contributed by atoms with Crippen LogP contribution in [0.2, 0.25) is 0 Å². The Hall–Kier alpha value is -1.12. The zero-order chi connectivity index (χ0) is 12.6. The average molecular weight is 233 g/mol. The van der Waals surface area contributed by atoms with E-state index in [2.05, 4.69) is 56.6 Å². The van der Waals surface area contributed by atoms with Crippen LogP contribution < -0.4 is 0 Å². The Morgan fingerprint density at radius 1 is 1.24 bits per heavy atom. The first-order valence-electron chi connectivity index (χ1n) is 6.55. The Bertz CT molecular complexity index is 429. The Labute approximate surface area is 104 Å². The molecular formula is C14H23N3. The third kappa shape index (κ3) is 2.03. The van der Waals surface area contributed by atoms with Crippen molar-refractivity contribution >= 4 is 0 Å². The van der Waals surface area contributed by atoms with Crippen molar-refractivity contribution in [1.82, 2.24) is 14.8 Å². The summed E-state index contributed by atoms with van der Waals surface area (Å²) in [5.41, 5.74) is 0.104. The molecule has 1 atom stereocenters. The Kier molecular flexibility index (Phi) is 3.11. The van der Waals surface area contributed by atoms with Crippen LogP contribution in [0.25, 0.3) is 0 Å². The summed E-state index contributed by atoms with van der Waals surface area (Å²) in [5, 5.41) is 4.64. The van der Waals surface area contributed by atoms with Crippen LogP contribution >= 0.6 is 0 Å². The van der Waals surface area contributed by atoms with E-state index in [1.165, 1.54) is 0 Å². The molecule has 0 N–H and O–H groups in total. The van der Waals surface area contributed by atoms with Crippen LogP contribution in [-0.2, 0) is 12.0 Å². The first-order chi connectivity index (χ1) is 7.95. The summed E-state index contributed by atoms with van der Waals surface area (Å²) in [7, 11) is 0. The second-order valence-corrected chi connectivity index (χ2v) is 5.88. The molecule has 3 nitrogen and oxygen atoms in total. The lowest BCUT2D eigenvalue weighted by Gasteiger charge is -2.30. The number of aromatic nitrogens is 3. The van der Waals surface area contributed by atoms with E-state index in [9.17, 15) is 0 Å². The van der Waals surface area contributed by atoms with Crippen LogP contribution in [0.3, 0.4) is 0 Å². The molecule has 0 spiro atoms. The molecule has 0 aromatic carbocycles. The fraction of sp³-hybridized carbons (Fsp3) is 0.714. The highest BCUT2D eigenvalue weighted by molar-refractivity contribution is 5.16. The fourth-order valence-electron chi connectivity index (χ4n) is 2.24. The predicted octanol–water partition coefficient (Wildman–Crippen LogP) is 3.28. The van der Waals surface area contributed by atoms with Gasteiger partial charge in [-0.15, -0.1) is 0 Å². The summed E-state index contributed by atoms with van der Waals surface area (Å²) >= 11 is 0. The molecule has 1 aliphatic rings. The van der Waals surface area contributed by atoms with Crippen LogP contribution in [0.1, 0.15) is 58.6 Å². The molecule has 0 bridgehead atoms. The highest BCUT2D eigenvalue weighted by Gasteiger charge is 2.36. The first-order valence-corrected chi connectivity index (χ1v) is 6.55. The van der Waals surface area contributed by atoms with E-state index < -0.39 is 0 Å². The molecule has 1 aromatic heterocycles. The highest BCUT2D eigenvalue weighted by Crippen LogP contribution is 2.36. The topological polar surface area (TPSA) is 30.7 Å². The van der Waals surface area contributed by atoms with Gasteiger partial charge in [-0.3, -0.25) is 0 Å². The number of allylic oxidation sites excluding steroid dienone is 2. The van der Waals surface area contributed by atoms with Gasteiger partial charge in [0.1, 0.15) is 5.82 Å². The summed E-state index contributed by atoms with van der Waals surface area (Å²) in [6.45, 7) is 12.0.